The van der Waals surface area contributed by atoms with Gasteiger partial charge in [0.05, 0.1) is 6.54 Å². The van der Waals surface area contributed by atoms with Crippen LogP contribution >= 0.6 is 27.3 Å². The average molecular weight is 230 g/mol. The van der Waals surface area contributed by atoms with Gasteiger partial charge in [0, 0.05) is 20.8 Å². The van der Waals surface area contributed by atoms with E-state index in [2.05, 4.69) is 33.1 Å². The first kappa shape index (κ1) is 8.79. The Kier molecular flexibility index (Phi) is 3.64. The van der Waals surface area contributed by atoms with Crippen molar-refractivity contribution in [3.05, 3.63) is 20.8 Å². The molecule has 0 radical (unpaired) electrons. The van der Waals surface area contributed by atoms with E-state index in [9.17, 15) is 0 Å². The molecule has 0 aromatic carbocycles. The van der Waals surface area contributed by atoms with E-state index in [0.29, 0.717) is 0 Å². The second kappa shape index (κ2) is 4.55. The Morgan fingerprint density at radius 1 is 1.64 bits per heavy atom. The third-order valence-corrected chi connectivity index (χ3v) is 2.81. The average Bonchev–Trinajstić information content (AvgIpc) is 2.37. The third-order valence-electron chi connectivity index (χ3n) is 1.10. The van der Waals surface area contributed by atoms with Crippen LogP contribution in [-0.4, -0.2) is 13.6 Å². The Morgan fingerprint density at radius 2 is 2.45 bits per heavy atom. The summed E-state index contributed by atoms with van der Waals surface area (Å²) in [6, 6.07) is 0. The topological polar surface area (TPSA) is 12.0 Å². The Hall–Kier alpha value is -0.300. The zero-order valence-electron chi connectivity index (χ0n) is 6.15. The summed E-state index contributed by atoms with van der Waals surface area (Å²) in [4.78, 5) is 0. The lowest BCUT2D eigenvalue weighted by atomic mass is 10.3. The van der Waals surface area contributed by atoms with E-state index in [0.717, 1.165) is 16.6 Å². The summed E-state index contributed by atoms with van der Waals surface area (Å²) in [6.07, 6.45) is 0. The van der Waals surface area contributed by atoms with E-state index in [-0.39, 0.29) is 0 Å². The highest BCUT2D eigenvalue weighted by atomic mass is 79.9. The lowest BCUT2D eigenvalue weighted by molar-refractivity contribution is 0.938. The van der Waals surface area contributed by atoms with E-state index < -0.39 is 0 Å². The van der Waals surface area contributed by atoms with Crippen LogP contribution in [0.1, 0.15) is 5.56 Å². The molecule has 0 atom stereocenters. The first-order chi connectivity index (χ1) is 5.34. The van der Waals surface area contributed by atoms with Crippen molar-refractivity contribution < 1.29 is 0 Å². The normalized spacial score (nSPS) is 8.91. The molecule has 0 amide bonds. The van der Waals surface area contributed by atoms with Crippen LogP contribution in [0, 0.1) is 11.8 Å². The molecule has 0 aliphatic carbocycles. The highest BCUT2D eigenvalue weighted by molar-refractivity contribution is 9.10. The first-order valence-electron chi connectivity index (χ1n) is 3.19. The number of nitrogens with one attached hydrogen (secondary N) is 1. The van der Waals surface area contributed by atoms with E-state index in [4.69, 9.17) is 0 Å². The van der Waals surface area contributed by atoms with Crippen LogP contribution in [0.4, 0.5) is 0 Å². The summed E-state index contributed by atoms with van der Waals surface area (Å²) < 4.78 is 1.09. The van der Waals surface area contributed by atoms with Gasteiger partial charge in [-0.2, -0.15) is 0 Å². The van der Waals surface area contributed by atoms with Crippen molar-refractivity contribution in [3.8, 4) is 11.8 Å². The second-order valence-electron chi connectivity index (χ2n) is 1.97. The maximum Gasteiger partial charge on any atom is 0.0577 e. The van der Waals surface area contributed by atoms with Gasteiger partial charge in [-0.1, -0.05) is 11.8 Å². The molecule has 1 aromatic rings. The van der Waals surface area contributed by atoms with Crippen LogP contribution in [0.3, 0.4) is 0 Å². The molecule has 1 heterocycles. The zero-order chi connectivity index (χ0) is 8.10. The fourth-order valence-electron chi connectivity index (χ4n) is 0.599. The smallest absolute Gasteiger partial charge is 0.0577 e. The molecule has 0 spiro atoms. The molecule has 0 unspecified atom stereocenters. The van der Waals surface area contributed by atoms with Gasteiger partial charge in [0.15, 0.2) is 0 Å². The molecule has 1 rings (SSSR count). The number of rotatable bonds is 1. The molecule has 58 valence electrons. The maximum atomic E-state index is 3.41. The molecule has 0 aliphatic rings. The zero-order valence-corrected chi connectivity index (χ0v) is 8.55. The summed E-state index contributed by atoms with van der Waals surface area (Å²) in [7, 11) is 1.89. The standard InChI is InChI=1S/C8H8BrNS/c1-10-4-2-3-7-5-11-6-8(7)9/h5-6,10H,4H2,1H3. The minimum absolute atomic E-state index is 0.738. The largest absolute Gasteiger partial charge is 0.309 e. The van der Waals surface area contributed by atoms with E-state index in [1.165, 1.54) is 0 Å². The summed E-state index contributed by atoms with van der Waals surface area (Å²) in [5, 5.41) is 7.03. The summed E-state index contributed by atoms with van der Waals surface area (Å²) >= 11 is 5.06. The van der Waals surface area contributed by atoms with Crippen LogP contribution in [0.25, 0.3) is 0 Å². The molecule has 0 fully saturated rings. The van der Waals surface area contributed by atoms with Crippen molar-refractivity contribution in [1.82, 2.24) is 5.32 Å². The van der Waals surface area contributed by atoms with Gasteiger partial charge in [0.25, 0.3) is 0 Å². The van der Waals surface area contributed by atoms with Crippen LogP contribution < -0.4 is 5.32 Å². The number of halogens is 1. The van der Waals surface area contributed by atoms with Crippen molar-refractivity contribution >= 4 is 27.3 Å². The van der Waals surface area contributed by atoms with Crippen molar-refractivity contribution in [2.75, 3.05) is 13.6 Å². The quantitative estimate of drug-likeness (QED) is 0.728. The molecule has 0 saturated heterocycles. The highest BCUT2D eigenvalue weighted by Gasteiger charge is 1.93. The third kappa shape index (κ3) is 2.66. The fourth-order valence-corrected chi connectivity index (χ4v) is 1.92. The predicted molar refractivity (Wildman–Crippen MR) is 52.8 cm³/mol. The van der Waals surface area contributed by atoms with Crippen molar-refractivity contribution in [2.24, 2.45) is 0 Å². The molecule has 0 aliphatic heterocycles. The highest BCUT2D eigenvalue weighted by Crippen LogP contribution is 2.19. The van der Waals surface area contributed by atoms with Crippen molar-refractivity contribution in [1.29, 1.82) is 0 Å². The van der Waals surface area contributed by atoms with Gasteiger partial charge in [0.2, 0.25) is 0 Å². The van der Waals surface area contributed by atoms with Crippen molar-refractivity contribution in [3.63, 3.8) is 0 Å². The van der Waals surface area contributed by atoms with Crippen LogP contribution in [0.2, 0.25) is 0 Å². The minimum Gasteiger partial charge on any atom is -0.309 e. The molecular weight excluding hydrogens is 222 g/mol. The van der Waals surface area contributed by atoms with Crippen LogP contribution in [0.5, 0.6) is 0 Å². The molecule has 0 bridgehead atoms. The first-order valence-corrected chi connectivity index (χ1v) is 4.93. The predicted octanol–water partition coefficient (Wildman–Crippen LogP) is 2.08. The van der Waals surface area contributed by atoms with Crippen molar-refractivity contribution in [2.45, 2.75) is 0 Å². The van der Waals surface area contributed by atoms with Gasteiger partial charge < -0.3 is 5.32 Å². The van der Waals surface area contributed by atoms with E-state index in [1.807, 2.05) is 17.8 Å². The van der Waals surface area contributed by atoms with Gasteiger partial charge in [-0.25, -0.2) is 0 Å². The molecule has 1 N–H and O–H groups in total. The molecular formula is C8H8BrNS. The SMILES string of the molecule is CNCC#Cc1cscc1Br. The molecule has 1 aromatic heterocycles. The maximum absolute atomic E-state index is 3.41. The summed E-state index contributed by atoms with van der Waals surface area (Å²) in [6.45, 7) is 0.738. The molecule has 1 nitrogen and oxygen atoms in total. The minimum atomic E-state index is 0.738. The Labute approximate surface area is 78.9 Å². The van der Waals surface area contributed by atoms with E-state index in [1.54, 1.807) is 11.3 Å². The van der Waals surface area contributed by atoms with Gasteiger partial charge in [-0.15, -0.1) is 11.3 Å². The molecule has 11 heavy (non-hydrogen) atoms. The summed E-state index contributed by atoms with van der Waals surface area (Å²) in [5.74, 6) is 6.04. The Balaban J connectivity index is 2.65. The second-order valence-corrected chi connectivity index (χ2v) is 3.56. The van der Waals surface area contributed by atoms with Gasteiger partial charge in [0.1, 0.15) is 0 Å². The number of hydrogen-bond donors (Lipinski definition) is 1. The fraction of sp³-hybridized carbons (Fsp3) is 0.250. The Bertz CT molecular complexity index is 282. The lowest BCUT2D eigenvalue weighted by Gasteiger charge is -1.83. The number of thiophene rings is 1. The van der Waals surface area contributed by atoms with E-state index >= 15 is 0 Å². The van der Waals surface area contributed by atoms with Crippen LogP contribution in [-0.2, 0) is 0 Å². The van der Waals surface area contributed by atoms with Crippen LogP contribution in [0.15, 0.2) is 15.2 Å². The number of hydrogen-bond acceptors (Lipinski definition) is 2. The molecule has 0 saturated carbocycles. The summed E-state index contributed by atoms with van der Waals surface area (Å²) in [5.41, 5.74) is 1.07. The van der Waals surface area contributed by atoms with Gasteiger partial charge in [-0.3, -0.25) is 0 Å². The van der Waals surface area contributed by atoms with Gasteiger partial charge in [-0.05, 0) is 23.0 Å². The monoisotopic (exact) mass is 229 g/mol. The molecule has 3 heteroatoms. The lowest BCUT2D eigenvalue weighted by Crippen LogP contribution is -2.04. The Morgan fingerprint density at radius 3 is 3.00 bits per heavy atom. The van der Waals surface area contributed by atoms with Gasteiger partial charge >= 0.3 is 0 Å².